The summed E-state index contributed by atoms with van der Waals surface area (Å²) in [6.07, 6.45) is 0. The zero-order valence-electron chi connectivity index (χ0n) is 16.3. The van der Waals surface area contributed by atoms with E-state index in [0.29, 0.717) is 13.1 Å². The van der Waals surface area contributed by atoms with Gasteiger partial charge in [-0.1, -0.05) is 0 Å². The maximum atomic E-state index is 12.6. The highest BCUT2D eigenvalue weighted by Crippen LogP contribution is 2.17. The zero-order chi connectivity index (χ0) is 19.4. The lowest BCUT2D eigenvalue weighted by Crippen LogP contribution is -3.15. The Morgan fingerprint density at radius 1 is 1.15 bits per heavy atom. The third-order valence-corrected chi connectivity index (χ3v) is 6.29. The number of carbonyl (C=O) groups is 2. The molecule has 1 fully saturated rings. The first-order valence-corrected chi connectivity index (χ1v) is 10.3. The maximum Gasteiger partial charge on any atom is 0.277 e. The van der Waals surface area contributed by atoms with Gasteiger partial charge in [0.1, 0.15) is 0 Å². The van der Waals surface area contributed by atoms with Crippen molar-refractivity contribution in [3.8, 4) is 0 Å². The minimum absolute atomic E-state index is 0.0937. The quantitative estimate of drug-likeness (QED) is 0.768. The fourth-order valence-corrected chi connectivity index (χ4v) is 4.34. The molecule has 1 aliphatic rings. The first-order chi connectivity index (χ1) is 12.9. The van der Waals surface area contributed by atoms with E-state index in [1.807, 2.05) is 36.2 Å². The molecule has 27 heavy (non-hydrogen) atoms. The average molecular weight is 387 g/mol. The molecule has 3 rings (SSSR count). The van der Waals surface area contributed by atoms with Crippen LogP contribution in [0.1, 0.15) is 27.7 Å². The number of likely N-dealkylation sites (N-methyl/N-ethyl adjacent to an activating group) is 1. The van der Waals surface area contributed by atoms with Gasteiger partial charge < -0.3 is 14.7 Å². The van der Waals surface area contributed by atoms with Crippen LogP contribution in [-0.2, 0) is 11.3 Å². The van der Waals surface area contributed by atoms with Crippen LogP contribution in [0.25, 0.3) is 0 Å². The minimum Gasteiger partial charge on any atom is -0.360 e. The van der Waals surface area contributed by atoms with Crippen LogP contribution >= 0.6 is 11.3 Å². The highest BCUT2D eigenvalue weighted by Gasteiger charge is 2.24. The number of thiophene rings is 1. The van der Waals surface area contributed by atoms with Crippen molar-refractivity contribution in [3.05, 3.63) is 51.7 Å². The highest BCUT2D eigenvalue weighted by molar-refractivity contribution is 7.10. The molecule has 1 aromatic carbocycles. The molecule has 2 heterocycles. The molecule has 0 unspecified atom stereocenters. The van der Waals surface area contributed by atoms with E-state index in [4.69, 9.17) is 0 Å². The largest absolute Gasteiger partial charge is 0.360 e. The van der Waals surface area contributed by atoms with Gasteiger partial charge in [0, 0.05) is 23.2 Å². The van der Waals surface area contributed by atoms with Crippen molar-refractivity contribution >= 4 is 28.7 Å². The van der Waals surface area contributed by atoms with Gasteiger partial charge in [0.15, 0.2) is 12.3 Å². The number of nitrogens with zero attached hydrogens (tertiary/aromatic N) is 2. The van der Waals surface area contributed by atoms with E-state index in [9.17, 15) is 9.59 Å². The molecule has 0 radical (unpaired) electrons. The average Bonchev–Trinajstić information content (AvgIpc) is 3.07. The molecule has 2 aromatic rings. The Morgan fingerprint density at radius 3 is 2.37 bits per heavy atom. The SMILES string of the molecule is CC(=O)c1ccc(N2CC[NH+](CC(=O)N(C)Cc3sccc3C)CC2)cc1. The predicted molar refractivity (Wildman–Crippen MR) is 110 cm³/mol. The van der Waals surface area contributed by atoms with Crippen LogP contribution in [0.5, 0.6) is 0 Å². The molecule has 0 aliphatic carbocycles. The van der Waals surface area contributed by atoms with Crippen molar-refractivity contribution in [2.75, 3.05) is 44.7 Å². The number of ketones is 1. The first-order valence-electron chi connectivity index (χ1n) is 9.40. The molecule has 0 saturated carbocycles. The molecule has 5 nitrogen and oxygen atoms in total. The maximum absolute atomic E-state index is 12.6. The van der Waals surface area contributed by atoms with E-state index in [1.54, 1.807) is 18.3 Å². The molecule has 1 N–H and O–H groups in total. The normalized spacial score (nSPS) is 15.0. The van der Waals surface area contributed by atoms with Gasteiger partial charge in [-0.2, -0.15) is 0 Å². The van der Waals surface area contributed by atoms with Crippen molar-refractivity contribution in [3.63, 3.8) is 0 Å². The number of hydrogen-bond acceptors (Lipinski definition) is 4. The Kier molecular flexibility index (Phi) is 6.29. The molecule has 6 heteroatoms. The fourth-order valence-electron chi connectivity index (χ4n) is 3.38. The van der Waals surface area contributed by atoms with Gasteiger partial charge in [-0.25, -0.2) is 0 Å². The van der Waals surface area contributed by atoms with Gasteiger partial charge in [0.25, 0.3) is 5.91 Å². The summed E-state index contributed by atoms with van der Waals surface area (Å²) in [5.74, 6) is 0.299. The van der Waals surface area contributed by atoms with Crippen molar-refractivity contribution in [2.24, 2.45) is 0 Å². The molecule has 0 spiro atoms. The van der Waals surface area contributed by atoms with Crippen molar-refractivity contribution < 1.29 is 14.5 Å². The third-order valence-electron chi connectivity index (χ3n) is 5.29. The summed E-state index contributed by atoms with van der Waals surface area (Å²) < 4.78 is 0. The lowest BCUT2D eigenvalue weighted by atomic mass is 10.1. The van der Waals surface area contributed by atoms with Gasteiger partial charge >= 0.3 is 0 Å². The van der Waals surface area contributed by atoms with E-state index in [1.165, 1.54) is 15.3 Å². The van der Waals surface area contributed by atoms with Crippen LogP contribution in [0.2, 0.25) is 0 Å². The van der Waals surface area contributed by atoms with E-state index < -0.39 is 0 Å². The number of quaternary nitrogens is 1. The summed E-state index contributed by atoms with van der Waals surface area (Å²) in [5.41, 5.74) is 3.16. The minimum atomic E-state index is 0.0937. The summed E-state index contributed by atoms with van der Waals surface area (Å²) in [5, 5.41) is 2.08. The third kappa shape index (κ3) is 4.96. The Balaban J connectivity index is 1.48. The monoisotopic (exact) mass is 386 g/mol. The van der Waals surface area contributed by atoms with Crippen LogP contribution in [-0.4, -0.2) is 56.4 Å². The smallest absolute Gasteiger partial charge is 0.277 e. The highest BCUT2D eigenvalue weighted by atomic mass is 32.1. The Hall–Kier alpha value is -2.18. The Morgan fingerprint density at radius 2 is 1.81 bits per heavy atom. The van der Waals surface area contributed by atoms with E-state index >= 15 is 0 Å². The number of aryl methyl sites for hydroxylation is 1. The summed E-state index contributed by atoms with van der Waals surface area (Å²) in [4.78, 5) is 30.7. The number of hydrogen-bond donors (Lipinski definition) is 1. The predicted octanol–water partition coefficient (Wildman–Crippen LogP) is 1.62. The zero-order valence-corrected chi connectivity index (χ0v) is 17.1. The molecule has 1 aromatic heterocycles. The number of piperazine rings is 1. The van der Waals surface area contributed by atoms with Crippen molar-refractivity contribution in [1.29, 1.82) is 0 Å². The lowest BCUT2D eigenvalue weighted by molar-refractivity contribution is -0.892. The molecular weight excluding hydrogens is 358 g/mol. The van der Waals surface area contributed by atoms with Crippen LogP contribution in [0.3, 0.4) is 0 Å². The summed E-state index contributed by atoms with van der Waals surface area (Å²) in [6, 6.07) is 9.92. The second-order valence-electron chi connectivity index (χ2n) is 7.29. The topological polar surface area (TPSA) is 45.1 Å². The van der Waals surface area contributed by atoms with Gasteiger partial charge in [0.05, 0.1) is 32.7 Å². The van der Waals surface area contributed by atoms with Gasteiger partial charge in [0.2, 0.25) is 0 Å². The summed E-state index contributed by atoms with van der Waals surface area (Å²) >= 11 is 1.71. The van der Waals surface area contributed by atoms with E-state index in [2.05, 4.69) is 23.3 Å². The van der Waals surface area contributed by atoms with E-state index in [-0.39, 0.29) is 11.7 Å². The number of rotatable bonds is 6. The van der Waals surface area contributed by atoms with Crippen molar-refractivity contribution in [2.45, 2.75) is 20.4 Å². The summed E-state index contributed by atoms with van der Waals surface area (Å²) in [6.45, 7) is 8.69. The molecule has 144 valence electrons. The van der Waals surface area contributed by atoms with Crippen LogP contribution in [0, 0.1) is 6.92 Å². The Bertz CT molecular complexity index is 792. The summed E-state index contributed by atoms with van der Waals surface area (Å²) in [7, 11) is 1.90. The second kappa shape index (κ2) is 8.67. The number of amides is 1. The molecule has 0 bridgehead atoms. The number of benzene rings is 1. The number of carbonyl (C=O) groups excluding carboxylic acids is 2. The second-order valence-corrected chi connectivity index (χ2v) is 8.29. The van der Waals surface area contributed by atoms with E-state index in [0.717, 1.165) is 37.4 Å². The van der Waals surface area contributed by atoms with Crippen LogP contribution in [0.15, 0.2) is 35.7 Å². The van der Waals surface area contributed by atoms with Crippen LogP contribution < -0.4 is 9.80 Å². The van der Waals surface area contributed by atoms with Gasteiger partial charge in [-0.05, 0) is 55.1 Å². The lowest BCUT2D eigenvalue weighted by Gasteiger charge is -2.34. The Labute approximate surface area is 165 Å². The fraction of sp³-hybridized carbons (Fsp3) is 0.429. The van der Waals surface area contributed by atoms with Gasteiger partial charge in [-0.3, -0.25) is 9.59 Å². The number of anilines is 1. The molecule has 1 amide bonds. The molecular formula is C21H28N3O2S+. The number of nitrogens with one attached hydrogen (secondary N) is 1. The molecule has 1 saturated heterocycles. The molecule has 0 atom stereocenters. The van der Waals surface area contributed by atoms with Gasteiger partial charge in [-0.15, -0.1) is 11.3 Å². The standard InChI is InChI=1S/C21H27N3O2S/c1-16-8-13-27-20(16)14-22(3)21(26)15-23-9-11-24(12-10-23)19-6-4-18(5-7-19)17(2)25/h4-8,13H,9-12,14-15H2,1-3H3/p+1. The van der Waals surface area contributed by atoms with Crippen LogP contribution in [0.4, 0.5) is 5.69 Å². The number of Topliss-reactive ketones (excluding diaryl/α,β-unsaturated/α-hetero) is 1. The molecule has 1 aliphatic heterocycles. The first kappa shape index (κ1) is 19.6. The van der Waals surface area contributed by atoms with Crippen molar-refractivity contribution in [1.82, 2.24) is 4.90 Å².